The molecule has 0 saturated carbocycles. The van der Waals surface area contributed by atoms with E-state index in [0.717, 1.165) is 42.2 Å². The summed E-state index contributed by atoms with van der Waals surface area (Å²) in [5.41, 5.74) is 8.25. The number of hydrazone groups is 1. The number of thiophene rings is 1. The van der Waals surface area contributed by atoms with Crippen LogP contribution in [0, 0.1) is 12.3 Å². The fourth-order valence-electron chi connectivity index (χ4n) is 8.01. The molecule has 0 unspecified atom stereocenters. The van der Waals surface area contributed by atoms with Crippen molar-refractivity contribution in [1.29, 1.82) is 0 Å². The smallest absolute Gasteiger partial charge is 0.271 e. The number of thiazole rings is 1. The highest BCUT2D eigenvalue weighted by atomic mass is 32.1. The van der Waals surface area contributed by atoms with Crippen LogP contribution >= 0.6 is 22.7 Å². The molecule has 0 spiro atoms. The van der Waals surface area contributed by atoms with Crippen LogP contribution in [0.15, 0.2) is 126 Å². The average Bonchev–Trinajstić information content (AvgIpc) is 4.06. The number of β-amino-alcohol motifs (C(OH)–C–C–N with tert-alkyl or cyclic N) is 1. The predicted octanol–water partition coefficient (Wildman–Crippen LogP) is 8.72. The van der Waals surface area contributed by atoms with Gasteiger partial charge in [0.15, 0.2) is 12.4 Å². The van der Waals surface area contributed by atoms with Crippen molar-refractivity contribution in [3.05, 3.63) is 143 Å². The van der Waals surface area contributed by atoms with Crippen molar-refractivity contribution < 1.29 is 44.0 Å². The SMILES string of the molecule is Cc1ncsc1-c1ccc([C@H](C)NC(=O)[C@@H]2C[C@@H](O)CN2C(=O)[C@@H](NC(=O)COc2ccc(/C=N/NC(=O)c3ccc(Oc4c(-c5ccc(O)cc5)sc5cc(O)ccc45)cc3)cc2)C(C)(C)C)cc1. The molecule has 8 rings (SSSR count). The molecule has 0 bridgehead atoms. The number of nitrogens with zero attached hydrogens (tertiary/aromatic N) is 3. The maximum absolute atomic E-state index is 14.1. The Morgan fingerprint density at radius 3 is 2.19 bits per heavy atom. The van der Waals surface area contributed by atoms with Crippen LogP contribution in [-0.2, 0) is 14.4 Å². The summed E-state index contributed by atoms with van der Waals surface area (Å²) in [5, 5.41) is 41.3. The lowest BCUT2D eigenvalue weighted by molar-refractivity contribution is -0.144. The van der Waals surface area contributed by atoms with Gasteiger partial charge < -0.3 is 40.3 Å². The Labute approximate surface area is 412 Å². The number of nitrogens with one attached hydrogen (secondary N) is 3. The van der Waals surface area contributed by atoms with Crippen molar-refractivity contribution >= 4 is 62.6 Å². The van der Waals surface area contributed by atoms with E-state index in [1.807, 2.05) is 58.9 Å². The number of rotatable bonds is 15. The summed E-state index contributed by atoms with van der Waals surface area (Å²) in [7, 11) is 0. The number of aromatic hydroxyl groups is 2. The lowest BCUT2D eigenvalue weighted by Crippen LogP contribution is -2.58. The number of likely N-dealkylation sites (tertiary alicyclic amines) is 1. The Balaban J connectivity index is 0.819. The number of aliphatic hydroxyl groups excluding tert-OH is 1. The molecule has 4 atom stereocenters. The Hall–Kier alpha value is -7.60. The molecule has 1 fully saturated rings. The van der Waals surface area contributed by atoms with E-state index in [4.69, 9.17) is 9.47 Å². The number of aliphatic hydroxyl groups is 1. The molecule has 3 heterocycles. The number of fused-ring (bicyclic) bond motifs is 1. The molecule has 6 N–H and O–H groups in total. The molecule has 360 valence electrons. The molecule has 5 aromatic carbocycles. The van der Waals surface area contributed by atoms with Crippen LogP contribution in [0.1, 0.15) is 67.3 Å². The summed E-state index contributed by atoms with van der Waals surface area (Å²) in [5.74, 6) is -0.159. The summed E-state index contributed by atoms with van der Waals surface area (Å²) in [6.07, 6.45) is 0.612. The standard InChI is InChI=1S/C53H52N6O9S2/c1-30(33-8-10-34(11-9-33)47-31(2)54-29-69-47)56-51(65)43-24-39(62)27-59(43)52(66)49(53(3,4)5)57-45(63)28-67-40-19-6-32(7-20-40)26-55-58-50(64)36-14-21-41(22-15-36)68-46-42-23-18-38(61)25-44(42)70-48(46)35-12-16-37(60)17-13-35/h6-23,25-26,29-30,39,43,49,60-62H,24,27-28H2,1-5H3,(H,56,65)(H,57,63)(H,58,64)/b55-26+/t30-,39+,43-,49+/m0/s1. The van der Waals surface area contributed by atoms with Gasteiger partial charge in [0.1, 0.15) is 35.1 Å². The molecule has 1 aliphatic rings. The molecule has 15 nitrogen and oxygen atoms in total. The largest absolute Gasteiger partial charge is 0.508 e. The van der Waals surface area contributed by atoms with Crippen LogP contribution in [0.3, 0.4) is 0 Å². The molecule has 7 aromatic rings. The Morgan fingerprint density at radius 1 is 0.857 bits per heavy atom. The average molecular weight is 981 g/mol. The summed E-state index contributed by atoms with van der Waals surface area (Å²) in [6, 6.07) is 30.6. The summed E-state index contributed by atoms with van der Waals surface area (Å²) < 4.78 is 12.9. The summed E-state index contributed by atoms with van der Waals surface area (Å²) >= 11 is 3.01. The second-order valence-electron chi connectivity index (χ2n) is 18.1. The number of aromatic nitrogens is 1. The number of phenols is 2. The first-order valence-corrected chi connectivity index (χ1v) is 24.2. The van der Waals surface area contributed by atoms with E-state index >= 15 is 0 Å². The minimum absolute atomic E-state index is 0.0528. The van der Waals surface area contributed by atoms with E-state index in [-0.39, 0.29) is 30.5 Å². The maximum Gasteiger partial charge on any atom is 0.271 e. The first-order chi connectivity index (χ1) is 33.5. The number of hydrogen-bond acceptors (Lipinski definition) is 13. The van der Waals surface area contributed by atoms with E-state index in [1.165, 1.54) is 22.5 Å². The first-order valence-electron chi connectivity index (χ1n) is 22.5. The summed E-state index contributed by atoms with van der Waals surface area (Å²) in [6.45, 7) is 8.80. The molecule has 17 heteroatoms. The van der Waals surface area contributed by atoms with Gasteiger partial charge in [0.25, 0.3) is 11.8 Å². The van der Waals surface area contributed by atoms with Crippen LogP contribution in [0.4, 0.5) is 0 Å². The van der Waals surface area contributed by atoms with Crippen LogP contribution in [0.5, 0.6) is 28.7 Å². The predicted molar refractivity (Wildman–Crippen MR) is 270 cm³/mol. The zero-order valence-corrected chi connectivity index (χ0v) is 40.6. The van der Waals surface area contributed by atoms with Gasteiger partial charge in [-0.2, -0.15) is 5.10 Å². The van der Waals surface area contributed by atoms with Crippen LogP contribution in [0.25, 0.3) is 31.0 Å². The number of carbonyl (C=O) groups excluding carboxylic acids is 4. The third-order valence-electron chi connectivity index (χ3n) is 11.8. The first kappa shape index (κ1) is 48.8. The number of hydrogen-bond donors (Lipinski definition) is 6. The van der Waals surface area contributed by atoms with E-state index < -0.39 is 53.8 Å². The highest BCUT2D eigenvalue weighted by Crippen LogP contribution is 2.47. The number of phenolic OH excluding ortho intramolecular Hbond substituents is 2. The van der Waals surface area contributed by atoms with Gasteiger partial charge in [-0.15, -0.1) is 22.7 Å². The topological polar surface area (TPSA) is 212 Å². The monoisotopic (exact) mass is 980 g/mol. The van der Waals surface area contributed by atoms with E-state index in [2.05, 4.69) is 26.1 Å². The normalized spacial score (nSPS) is 15.7. The van der Waals surface area contributed by atoms with Crippen LogP contribution in [0.2, 0.25) is 0 Å². The lowest BCUT2D eigenvalue weighted by Gasteiger charge is -2.35. The fourth-order valence-corrected chi connectivity index (χ4v) is 9.99. The van der Waals surface area contributed by atoms with Gasteiger partial charge in [0, 0.05) is 28.6 Å². The van der Waals surface area contributed by atoms with Crippen molar-refractivity contribution in [3.63, 3.8) is 0 Å². The van der Waals surface area contributed by atoms with Crippen LogP contribution in [-0.4, -0.2) is 86.4 Å². The van der Waals surface area contributed by atoms with Gasteiger partial charge in [0.2, 0.25) is 11.8 Å². The number of aryl methyl sites for hydroxylation is 1. The number of ether oxygens (including phenoxy) is 2. The molecular formula is C53H52N6O9S2. The Kier molecular flexibility index (Phi) is 14.6. The lowest BCUT2D eigenvalue weighted by atomic mass is 9.85. The van der Waals surface area contributed by atoms with Gasteiger partial charge in [-0.05, 0) is 133 Å². The second kappa shape index (κ2) is 21.0. The number of carbonyl (C=O) groups is 4. The van der Waals surface area contributed by atoms with Gasteiger partial charge in [0.05, 0.1) is 39.3 Å². The minimum Gasteiger partial charge on any atom is -0.508 e. The number of amides is 4. The molecule has 70 heavy (non-hydrogen) atoms. The van der Waals surface area contributed by atoms with Gasteiger partial charge in [-0.1, -0.05) is 45.0 Å². The number of benzene rings is 5. The summed E-state index contributed by atoms with van der Waals surface area (Å²) in [4.78, 5) is 61.6. The maximum atomic E-state index is 14.1. The van der Waals surface area contributed by atoms with Crippen molar-refractivity contribution in [2.45, 2.75) is 65.3 Å². The Bertz CT molecular complexity index is 3040. The molecular weight excluding hydrogens is 929 g/mol. The van der Waals surface area contributed by atoms with Gasteiger partial charge >= 0.3 is 0 Å². The molecule has 1 aliphatic heterocycles. The molecule has 4 amide bonds. The molecule has 2 aromatic heterocycles. The quantitative estimate of drug-likeness (QED) is 0.0425. The molecule has 1 saturated heterocycles. The zero-order valence-electron chi connectivity index (χ0n) is 39.0. The molecule has 0 aliphatic carbocycles. The highest BCUT2D eigenvalue weighted by Gasteiger charge is 2.44. The van der Waals surface area contributed by atoms with E-state index in [0.29, 0.717) is 28.4 Å². The molecule has 0 radical (unpaired) electrons. The van der Waals surface area contributed by atoms with Gasteiger partial charge in [-0.25, -0.2) is 10.4 Å². The zero-order chi connectivity index (χ0) is 49.7. The van der Waals surface area contributed by atoms with Crippen LogP contribution < -0.4 is 25.5 Å². The van der Waals surface area contributed by atoms with E-state index in [1.54, 1.807) is 108 Å². The van der Waals surface area contributed by atoms with Crippen molar-refractivity contribution in [2.75, 3.05) is 13.2 Å². The fraction of sp³-hybridized carbons (Fsp3) is 0.245. The van der Waals surface area contributed by atoms with Crippen molar-refractivity contribution in [3.8, 4) is 49.6 Å². The third-order valence-corrected chi connectivity index (χ3v) is 13.9. The second-order valence-corrected chi connectivity index (χ2v) is 20.0. The van der Waals surface area contributed by atoms with E-state index in [9.17, 15) is 34.5 Å². The Morgan fingerprint density at radius 2 is 1.51 bits per heavy atom. The minimum atomic E-state index is -1.03. The highest BCUT2D eigenvalue weighted by molar-refractivity contribution is 7.22. The van der Waals surface area contributed by atoms with Crippen molar-refractivity contribution in [2.24, 2.45) is 10.5 Å². The third kappa shape index (κ3) is 11.5. The van der Waals surface area contributed by atoms with Gasteiger partial charge in [-0.3, -0.25) is 19.2 Å². The van der Waals surface area contributed by atoms with Crippen molar-refractivity contribution in [1.82, 2.24) is 25.9 Å².